The molecule has 0 heterocycles. The molecule has 0 spiro atoms. The van der Waals surface area contributed by atoms with Crippen molar-refractivity contribution in [3.05, 3.63) is 94.8 Å². The van der Waals surface area contributed by atoms with Gasteiger partial charge in [0.25, 0.3) is 10.0 Å². The van der Waals surface area contributed by atoms with E-state index in [4.69, 9.17) is 11.6 Å². The van der Waals surface area contributed by atoms with E-state index in [1.54, 1.807) is 24.3 Å². The highest BCUT2D eigenvalue weighted by Gasteiger charge is 2.34. The SMILES string of the molecule is O=C(O)c1ccc(F)c(-c2ccc(NS(=O)(=O)c3ccc(Cl)c(C(F)(F)F)c3)c3ccccc23)c1. The Hall–Kier alpha value is -3.63. The lowest BCUT2D eigenvalue weighted by atomic mass is 9.95. The molecule has 2 N–H and O–H groups in total. The number of carboxylic acids is 1. The Morgan fingerprint density at radius 2 is 1.57 bits per heavy atom. The van der Waals surface area contributed by atoms with Crippen LogP contribution in [-0.4, -0.2) is 19.5 Å². The van der Waals surface area contributed by atoms with Crippen LogP contribution in [0.3, 0.4) is 0 Å². The lowest BCUT2D eigenvalue weighted by Gasteiger charge is -2.16. The Bertz CT molecular complexity index is 1590. The van der Waals surface area contributed by atoms with Crippen LogP contribution in [0.5, 0.6) is 0 Å². The molecule has 4 aromatic rings. The largest absolute Gasteiger partial charge is 0.478 e. The Morgan fingerprint density at radius 1 is 0.886 bits per heavy atom. The van der Waals surface area contributed by atoms with Crippen LogP contribution < -0.4 is 4.72 Å². The van der Waals surface area contributed by atoms with E-state index < -0.39 is 43.5 Å². The van der Waals surface area contributed by atoms with Crippen LogP contribution in [0.4, 0.5) is 23.2 Å². The van der Waals surface area contributed by atoms with Gasteiger partial charge < -0.3 is 5.11 Å². The summed E-state index contributed by atoms with van der Waals surface area (Å²) < 4.78 is 82.3. The van der Waals surface area contributed by atoms with Gasteiger partial charge in [0, 0.05) is 10.9 Å². The van der Waals surface area contributed by atoms with Gasteiger partial charge in [-0.25, -0.2) is 17.6 Å². The number of fused-ring (bicyclic) bond motifs is 1. The number of hydrogen-bond acceptors (Lipinski definition) is 3. The molecule has 0 amide bonds. The second kappa shape index (κ2) is 8.86. The number of carbonyl (C=O) groups is 1. The second-order valence-electron chi connectivity index (χ2n) is 7.45. The zero-order chi connectivity index (χ0) is 25.5. The zero-order valence-corrected chi connectivity index (χ0v) is 19.0. The van der Waals surface area contributed by atoms with Gasteiger partial charge >= 0.3 is 12.1 Å². The maximum absolute atomic E-state index is 14.6. The molecule has 0 bridgehead atoms. The third-order valence-corrected chi connectivity index (χ3v) is 6.92. The van der Waals surface area contributed by atoms with Crippen LogP contribution in [0.2, 0.25) is 5.02 Å². The fourth-order valence-corrected chi connectivity index (χ4v) is 4.91. The summed E-state index contributed by atoms with van der Waals surface area (Å²) in [6.07, 6.45) is -4.86. The fourth-order valence-electron chi connectivity index (χ4n) is 3.58. The van der Waals surface area contributed by atoms with Gasteiger partial charge in [0.2, 0.25) is 0 Å². The van der Waals surface area contributed by atoms with Crippen LogP contribution in [0.15, 0.2) is 77.7 Å². The highest BCUT2D eigenvalue weighted by atomic mass is 35.5. The number of hydrogen-bond donors (Lipinski definition) is 2. The van der Waals surface area contributed by atoms with Crippen molar-refractivity contribution in [2.75, 3.05) is 4.72 Å². The second-order valence-corrected chi connectivity index (χ2v) is 9.54. The Balaban J connectivity index is 1.82. The number of benzene rings is 4. The van der Waals surface area contributed by atoms with E-state index in [9.17, 15) is 35.9 Å². The molecule has 0 unspecified atom stereocenters. The van der Waals surface area contributed by atoms with Crippen molar-refractivity contribution in [3.8, 4) is 11.1 Å². The molecule has 4 aromatic carbocycles. The van der Waals surface area contributed by atoms with Gasteiger partial charge in [-0.15, -0.1) is 0 Å². The van der Waals surface area contributed by atoms with Crippen LogP contribution in [0.1, 0.15) is 15.9 Å². The first-order valence-electron chi connectivity index (χ1n) is 9.83. The summed E-state index contributed by atoms with van der Waals surface area (Å²) in [5.74, 6) is -1.93. The molecule has 0 aliphatic carbocycles. The maximum atomic E-state index is 14.6. The third-order valence-electron chi connectivity index (χ3n) is 5.23. The molecule has 0 saturated carbocycles. The minimum absolute atomic E-state index is 0.0111. The molecule has 0 radical (unpaired) electrons. The van der Waals surface area contributed by atoms with Crippen LogP contribution >= 0.6 is 11.6 Å². The Labute approximate surface area is 201 Å². The summed E-state index contributed by atoms with van der Waals surface area (Å²) in [5, 5.41) is 9.32. The normalized spacial score (nSPS) is 12.0. The van der Waals surface area contributed by atoms with E-state index in [1.807, 2.05) is 0 Å². The van der Waals surface area contributed by atoms with Gasteiger partial charge in [-0.05, 0) is 53.4 Å². The number of halogens is 5. The van der Waals surface area contributed by atoms with E-state index in [0.29, 0.717) is 22.4 Å². The van der Waals surface area contributed by atoms with E-state index in [-0.39, 0.29) is 16.8 Å². The van der Waals surface area contributed by atoms with Crippen molar-refractivity contribution in [1.82, 2.24) is 0 Å². The van der Waals surface area contributed by atoms with Gasteiger partial charge in [-0.2, -0.15) is 13.2 Å². The summed E-state index contributed by atoms with van der Waals surface area (Å²) in [5.41, 5.74) is -1.12. The molecule has 35 heavy (non-hydrogen) atoms. The zero-order valence-electron chi connectivity index (χ0n) is 17.4. The van der Waals surface area contributed by atoms with Crippen molar-refractivity contribution in [2.24, 2.45) is 0 Å². The van der Waals surface area contributed by atoms with Crippen molar-refractivity contribution >= 4 is 44.1 Å². The van der Waals surface area contributed by atoms with E-state index in [2.05, 4.69) is 4.72 Å². The average Bonchev–Trinajstić information content (AvgIpc) is 2.79. The molecule has 0 saturated heterocycles. The number of rotatable bonds is 5. The first-order valence-corrected chi connectivity index (χ1v) is 11.7. The molecule has 0 aromatic heterocycles. The molecule has 0 atom stereocenters. The molecule has 0 aliphatic rings. The van der Waals surface area contributed by atoms with Crippen LogP contribution in [0, 0.1) is 5.82 Å². The summed E-state index contributed by atoms with van der Waals surface area (Å²) in [7, 11) is -4.47. The smallest absolute Gasteiger partial charge is 0.417 e. The van der Waals surface area contributed by atoms with Crippen molar-refractivity contribution in [2.45, 2.75) is 11.1 Å². The highest BCUT2D eigenvalue weighted by molar-refractivity contribution is 7.92. The summed E-state index contributed by atoms with van der Waals surface area (Å²) >= 11 is 5.59. The monoisotopic (exact) mass is 523 g/mol. The molecular weight excluding hydrogens is 510 g/mol. The summed E-state index contributed by atoms with van der Waals surface area (Å²) in [6.45, 7) is 0. The van der Waals surface area contributed by atoms with Gasteiger partial charge in [-0.1, -0.05) is 41.9 Å². The van der Waals surface area contributed by atoms with Crippen molar-refractivity contribution in [1.29, 1.82) is 0 Å². The Kier molecular flexibility index (Phi) is 6.20. The summed E-state index contributed by atoms with van der Waals surface area (Å²) in [4.78, 5) is 10.7. The highest BCUT2D eigenvalue weighted by Crippen LogP contribution is 2.38. The number of aromatic carboxylic acids is 1. The fraction of sp³-hybridized carbons (Fsp3) is 0.0417. The van der Waals surface area contributed by atoms with Gasteiger partial charge in [0.15, 0.2) is 0 Å². The van der Waals surface area contributed by atoms with Gasteiger partial charge in [0.05, 0.1) is 26.7 Å². The number of sulfonamides is 1. The van der Waals surface area contributed by atoms with Crippen molar-refractivity contribution < 1.29 is 35.9 Å². The lowest BCUT2D eigenvalue weighted by molar-refractivity contribution is -0.137. The molecule has 4 rings (SSSR count). The minimum Gasteiger partial charge on any atom is -0.478 e. The van der Waals surface area contributed by atoms with Gasteiger partial charge in [-0.3, -0.25) is 4.72 Å². The Morgan fingerprint density at radius 3 is 2.23 bits per heavy atom. The standard InChI is InChI=1S/C24H14ClF4NO4S/c25-20-8-6-14(12-19(20)24(27,28)29)35(33,34)30-22-10-7-16(15-3-1-2-4-17(15)22)18-11-13(23(31)32)5-9-21(18)26/h1-12,30H,(H,31,32). The first kappa shape index (κ1) is 24.5. The predicted octanol–water partition coefficient (Wildman–Crippen LogP) is 6.82. The number of alkyl halides is 3. The first-order chi connectivity index (χ1) is 16.4. The molecule has 11 heteroatoms. The predicted molar refractivity (Wildman–Crippen MR) is 124 cm³/mol. The molecule has 5 nitrogen and oxygen atoms in total. The molecule has 0 aliphatic heterocycles. The minimum atomic E-state index is -4.86. The quantitative estimate of drug-likeness (QED) is 0.281. The van der Waals surface area contributed by atoms with Crippen LogP contribution in [-0.2, 0) is 16.2 Å². The lowest BCUT2D eigenvalue weighted by Crippen LogP contribution is -2.15. The third kappa shape index (κ3) is 4.80. The van der Waals surface area contributed by atoms with E-state index in [1.165, 1.54) is 12.1 Å². The number of carboxylic acid groups (broad SMARTS) is 1. The van der Waals surface area contributed by atoms with Gasteiger partial charge in [0.1, 0.15) is 5.82 Å². The molecule has 180 valence electrons. The van der Waals surface area contributed by atoms with Crippen LogP contribution in [0.25, 0.3) is 21.9 Å². The molecule has 0 fully saturated rings. The maximum Gasteiger partial charge on any atom is 0.417 e. The van der Waals surface area contributed by atoms with Crippen molar-refractivity contribution in [3.63, 3.8) is 0 Å². The number of nitrogens with one attached hydrogen (secondary N) is 1. The topological polar surface area (TPSA) is 83.5 Å². The van der Waals surface area contributed by atoms with E-state index in [0.717, 1.165) is 30.3 Å². The molecular formula is C24H14ClF4NO4S. The van der Waals surface area contributed by atoms with E-state index >= 15 is 0 Å². The number of anilines is 1. The summed E-state index contributed by atoms with van der Waals surface area (Å²) in [6, 6.07) is 14.6. The average molecular weight is 524 g/mol.